The minimum absolute atomic E-state index is 0.109. The molecule has 0 atom stereocenters. The van der Waals surface area contributed by atoms with Crippen molar-refractivity contribution in [3.8, 4) is 0 Å². The van der Waals surface area contributed by atoms with Crippen molar-refractivity contribution in [1.29, 1.82) is 0 Å². The Morgan fingerprint density at radius 1 is 0.781 bits per heavy atom. The molecule has 4 rings (SSSR count). The molecule has 3 aromatic rings. The van der Waals surface area contributed by atoms with Gasteiger partial charge in [-0.3, -0.25) is 4.90 Å². The Bertz CT molecular complexity index is 1010. The van der Waals surface area contributed by atoms with Crippen LogP contribution in [0.15, 0.2) is 66.7 Å². The van der Waals surface area contributed by atoms with Gasteiger partial charge < -0.3 is 10.2 Å². The van der Waals surface area contributed by atoms with Gasteiger partial charge in [0.2, 0.25) is 0 Å². The van der Waals surface area contributed by atoms with Crippen LogP contribution in [-0.4, -0.2) is 42.0 Å². The molecule has 1 heterocycles. The van der Waals surface area contributed by atoms with Gasteiger partial charge in [0.25, 0.3) is 0 Å². The Balaban J connectivity index is 1.49. The molecule has 166 valence electrons. The van der Waals surface area contributed by atoms with Gasteiger partial charge in [-0.25, -0.2) is 13.6 Å². The largest absolute Gasteiger partial charge is 0.322 e. The standard InChI is InChI=1S/C26H27F2N3O/c1-18-4-3-5-19(2)24(18)29-26(32)31-16-14-30(15-17-31)25(20-6-10-22(27)11-7-20)21-8-12-23(28)13-9-21/h3-13,25H,14-17H2,1-2H3,(H,29,32). The summed E-state index contributed by atoms with van der Waals surface area (Å²) in [5.74, 6) is -0.584. The van der Waals surface area contributed by atoms with E-state index in [0.717, 1.165) is 27.9 Å². The Morgan fingerprint density at radius 3 is 1.72 bits per heavy atom. The topological polar surface area (TPSA) is 35.6 Å². The molecule has 0 radical (unpaired) electrons. The Morgan fingerprint density at radius 2 is 1.25 bits per heavy atom. The van der Waals surface area contributed by atoms with Crippen LogP contribution in [0.25, 0.3) is 0 Å². The number of carbonyl (C=O) groups excluding carboxylic acids is 1. The number of piperazine rings is 1. The van der Waals surface area contributed by atoms with Crippen LogP contribution in [0.1, 0.15) is 28.3 Å². The highest BCUT2D eigenvalue weighted by Crippen LogP contribution is 2.30. The fraction of sp³-hybridized carbons (Fsp3) is 0.269. The van der Waals surface area contributed by atoms with Gasteiger partial charge in [0, 0.05) is 31.9 Å². The first-order chi connectivity index (χ1) is 15.4. The number of rotatable bonds is 4. The summed E-state index contributed by atoms with van der Waals surface area (Å²) < 4.78 is 27.0. The number of urea groups is 1. The third-order valence-corrected chi connectivity index (χ3v) is 6.05. The van der Waals surface area contributed by atoms with E-state index in [1.807, 2.05) is 36.9 Å². The first-order valence-corrected chi connectivity index (χ1v) is 10.8. The highest BCUT2D eigenvalue weighted by Gasteiger charge is 2.28. The van der Waals surface area contributed by atoms with Crippen LogP contribution >= 0.6 is 0 Å². The smallest absolute Gasteiger partial charge is 0.321 e. The second-order valence-corrected chi connectivity index (χ2v) is 8.23. The number of nitrogens with zero attached hydrogens (tertiary/aromatic N) is 2. The normalized spacial score (nSPS) is 14.6. The molecule has 2 amide bonds. The first-order valence-electron chi connectivity index (χ1n) is 10.8. The molecule has 32 heavy (non-hydrogen) atoms. The van der Waals surface area contributed by atoms with Gasteiger partial charge in [-0.1, -0.05) is 42.5 Å². The van der Waals surface area contributed by atoms with Gasteiger partial charge in [0.1, 0.15) is 11.6 Å². The van der Waals surface area contributed by atoms with Crippen molar-refractivity contribution in [3.63, 3.8) is 0 Å². The van der Waals surface area contributed by atoms with Gasteiger partial charge >= 0.3 is 6.03 Å². The van der Waals surface area contributed by atoms with Crippen LogP contribution in [0.2, 0.25) is 0 Å². The Labute approximate surface area is 187 Å². The van der Waals surface area contributed by atoms with Crippen molar-refractivity contribution in [2.24, 2.45) is 0 Å². The number of halogens is 2. The van der Waals surface area contributed by atoms with Crippen molar-refractivity contribution in [3.05, 3.63) is 101 Å². The summed E-state index contributed by atoms with van der Waals surface area (Å²) in [5.41, 5.74) is 4.79. The molecule has 6 heteroatoms. The number of aryl methyl sites for hydroxylation is 2. The highest BCUT2D eigenvalue weighted by atomic mass is 19.1. The zero-order chi connectivity index (χ0) is 22.7. The minimum atomic E-state index is -0.292. The second-order valence-electron chi connectivity index (χ2n) is 8.23. The van der Waals surface area contributed by atoms with E-state index in [1.54, 1.807) is 24.3 Å². The lowest BCUT2D eigenvalue weighted by molar-refractivity contribution is 0.126. The lowest BCUT2D eigenvalue weighted by Crippen LogP contribution is -2.51. The van der Waals surface area contributed by atoms with E-state index in [0.29, 0.717) is 26.2 Å². The Hall–Kier alpha value is -3.25. The highest BCUT2D eigenvalue weighted by molar-refractivity contribution is 5.91. The summed E-state index contributed by atoms with van der Waals surface area (Å²) in [6, 6.07) is 18.5. The molecule has 0 bridgehead atoms. The minimum Gasteiger partial charge on any atom is -0.322 e. The van der Waals surface area contributed by atoms with E-state index >= 15 is 0 Å². The number of benzene rings is 3. The molecule has 1 fully saturated rings. The molecular formula is C26H27F2N3O. The summed E-state index contributed by atoms with van der Waals surface area (Å²) in [6.07, 6.45) is 0. The van der Waals surface area contributed by atoms with E-state index in [1.165, 1.54) is 24.3 Å². The van der Waals surface area contributed by atoms with Crippen molar-refractivity contribution in [2.75, 3.05) is 31.5 Å². The molecular weight excluding hydrogens is 408 g/mol. The van der Waals surface area contributed by atoms with Crippen LogP contribution in [-0.2, 0) is 0 Å². The Kier molecular flexibility index (Phi) is 6.51. The summed E-state index contributed by atoms with van der Waals surface area (Å²) in [7, 11) is 0. The number of nitrogens with one attached hydrogen (secondary N) is 1. The molecule has 1 aliphatic rings. The molecule has 1 aliphatic heterocycles. The maximum absolute atomic E-state index is 13.5. The average Bonchev–Trinajstić information content (AvgIpc) is 2.79. The second kappa shape index (κ2) is 9.49. The van der Waals surface area contributed by atoms with Crippen LogP contribution in [0, 0.1) is 25.5 Å². The van der Waals surface area contributed by atoms with Gasteiger partial charge in [0.05, 0.1) is 6.04 Å². The summed E-state index contributed by atoms with van der Waals surface area (Å²) in [4.78, 5) is 16.9. The SMILES string of the molecule is Cc1cccc(C)c1NC(=O)N1CCN(C(c2ccc(F)cc2)c2ccc(F)cc2)CC1. The first kappa shape index (κ1) is 22.0. The van der Waals surface area contributed by atoms with E-state index in [9.17, 15) is 13.6 Å². The average molecular weight is 436 g/mol. The molecule has 0 spiro atoms. The predicted molar refractivity (Wildman–Crippen MR) is 123 cm³/mol. The van der Waals surface area contributed by atoms with Gasteiger partial charge in [-0.2, -0.15) is 0 Å². The molecule has 0 saturated carbocycles. The molecule has 0 unspecified atom stereocenters. The molecule has 3 aromatic carbocycles. The number of hydrogen-bond acceptors (Lipinski definition) is 2. The third-order valence-electron chi connectivity index (χ3n) is 6.05. The predicted octanol–water partition coefficient (Wildman–Crippen LogP) is 5.52. The lowest BCUT2D eigenvalue weighted by atomic mass is 9.96. The molecule has 0 aromatic heterocycles. The van der Waals surface area contributed by atoms with E-state index in [2.05, 4.69) is 10.2 Å². The fourth-order valence-corrected chi connectivity index (χ4v) is 4.29. The molecule has 1 N–H and O–H groups in total. The number of anilines is 1. The summed E-state index contributed by atoms with van der Waals surface area (Å²) >= 11 is 0. The number of carbonyl (C=O) groups is 1. The van der Waals surface area contributed by atoms with Gasteiger partial charge in [0.15, 0.2) is 0 Å². The van der Waals surface area contributed by atoms with E-state index < -0.39 is 0 Å². The van der Waals surface area contributed by atoms with Crippen LogP contribution in [0.3, 0.4) is 0 Å². The molecule has 0 aliphatic carbocycles. The number of amides is 2. The fourth-order valence-electron chi connectivity index (χ4n) is 4.29. The molecule has 1 saturated heterocycles. The van der Waals surface area contributed by atoms with Crippen LogP contribution < -0.4 is 5.32 Å². The zero-order valence-electron chi connectivity index (χ0n) is 18.3. The van der Waals surface area contributed by atoms with Gasteiger partial charge in [-0.05, 0) is 60.4 Å². The summed E-state index contributed by atoms with van der Waals surface area (Å²) in [5, 5.41) is 3.05. The van der Waals surface area contributed by atoms with Crippen LogP contribution in [0.4, 0.5) is 19.3 Å². The van der Waals surface area contributed by atoms with Crippen molar-refractivity contribution in [2.45, 2.75) is 19.9 Å². The quantitative estimate of drug-likeness (QED) is 0.586. The van der Waals surface area contributed by atoms with Crippen molar-refractivity contribution >= 4 is 11.7 Å². The lowest BCUT2D eigenvalue weighted by Gasteiger charge is -2.39. The third kappa shape index (κ3) is 4.81. The van der Waals surface area contributed by atoms with Crippen molar-refractivity contribution < 1.29 is 13.6 Å². The molecule has 4 nitrogen and oxygen atoms in total. The summed E-state index contributed by atoms with van der Waals surface area (Å²) in [6.45, 7) is 6.40. The van der Waals surface area contributed by atoms with E-state index in [4.69, 9.17) is 0 Å². The van der Waals surface area contributed by atoms with Gasteiger partial charge in [-0.15, -0.1) is 0 Å². The monoisotopic (exact) mass is 435 g/mol. The maximum atomic E-state index is 13.5. The zero-order valence-corrected chi connectivity index (χ0v) is 18.3. The number of hydrogen-bond donors (Lipinski definition) is 1. The van der Waals surface area contributed by atoms with E-state index in [-0.39, 0.29) is 23.7 Å². The van der Waals surface area contributed by atoms with Crippen LogP contribution in [0.5, 0.6) is 0 Å². The maximum Gasteiger partial charge on any atom is 0.321 e. The number of para-hydroxylation sites is 1. The van der Waals surface area contributed by atoms with Crippen molar-refractivity contribution in [1.82, 2.24) is 9.80 Å².